The maximum absolute atomic E-state index is 13.5. The largest absolute Gasteiger partial charge is 0.343 e. The van der Waals surface area contributed by atoms with Crippen molar-refractivity contribution in [3.63, 3.8) is 0 Å². The molecule has 23 heavy (non-hydrogen) atoms. The number of rotatable bonds is 4. The van der Waals surface area contributed by atoms with Gasteiger partial charge < -0.3 is 15.1 Å². The van der Waals surface area contributed by atoms with Crippen molar-refractivity contribution < 1.29 is 27.6 Å². The summed E-state index contributed by atoms with van der Waals surface area (Å²) in [4.78, 5) is 37.2. The third-order valence-electron chi connectivity index (χ3n) is 3.50. The van der Waals surface area contributed by atoms with Crippen molar-refractivity contribution in [3.05, 3.63) is 35.1 Å². The van der Waals surface area contributed by atoms with Gasteiger partial charge in [0.15, 0.2) is 17.5 Å². The molecule has 9 heteroatoms. The topological polar surface area (TPSA) is 69.7 Å². The van der Waals surface area contributed by atoms with Crippen LogP contribution in [0.2, 0.25) is 0 Å². The number of hydrogen-bond acceptors (Lipinski definition) is 3. The summed E-state index contributed by atoms with van der Waals surface area (Å²) < 4.78 is 39.3. The summed E-state index contributed by atoms with van der Waals surface area (Å²) in [6.07, 6.45) is 0.690. The molecule has 6 nitrogen and oxygen atoms in total. The number of amides is 3. The molecule has 1 aromatic carbocycles. The highest BCUT2D eigenvalue weighted by molar-refractivity contribution is 5.96. The third kappa shape index (κ3) is 3.79. The lowest BCUT2D eigenvalue weighted by atomic mass is 10.2. The van der Waals surface area contributed by atoms with E-state index in [1.807, 2.05) is 0 Å². The Labute approximate surface area is 129 Å². The van der Waals surface area contributed by atoms with E-state index in [1.54, 1.807) is 0 Å². The van der Waals surface area contributed by atoms with E-state index in [9.17, 15) is 27.6 Å². The number of benzene rings is 1. The van der Waals surface area contributed by atoms with Crippen molar-refractivity contribution in [1.82, 2.24) is 15.1 Å². The molecule has 0 radical (unpaired) electrons. The quantitative estimate of drug-likeness (QED) is 0.631. The van der Waals surface area contributed by atoms with Crippen molar-refractivity contribution in [2.45, 2.75) is 0 Å². The molecule has 1 N–H and O–H groups in total. The van der Waals surface area contributed by atoms with E-state index in [0.717, 1.165) is 6.07 Å². The second-order valence-corrected chi connectivity index (χ2v) is 4.93. The molecule has 0 unspecified atom stereocenters. The SMILES string of the molecule is O=CN1CCN(C(=O)CNC(=O)c2ccc(F)c(F)c2F)CC1. The molecule has 0 bridgehead atoms. The van der Waals surface area contributed by atoms with Crippen molar-refractivity contribution in [1.29, 1.82) is 0 Å². The van der Waals surface area contributed by atoms with Crippen LogP contribution in [-0.2, 0) is 9.59 Å². The summed E-state index contributed by atoms with van der Waals surface area (Å²) in [6, 6.07) is 1.43. The first-order valence-electron chi connectivity index (χ1n) is 6.83. The summed E-state index contributed by atoms with van der Waals surface area (Å²) in [6.45, 7) is 1.03. The van der Waals surface area contributed by atoms with Gasteiger partial charge in [0.2, 0.25) is 12.3 Å². The standard InChI is InChI=1S/C14H14F3N3O3/c15-10-2-1-9(12(16)13(10)17)14(23)18-7-11(22)20-5-3-19(8-21)4-6-20/h1-2,8H,3-7H2,(H,18,23). The predicted molar refractivity (Wildman–Crippen MR) is 72.9 cm³/mol. The second-order valence-electron chi connectivity index (χ2n) is 4.93. The highest BCUT2D eigenvalue weighted by atomic mass is 19.2. The summed E-state index contributed by atoms with van der Waals surface area (Å²) in [5.41, 5.74) is -0.678. The van der Waals surface area contributed by atoms with Crippen LogP contribution in [0.3, 0.4) is 0 Å². The van der Waals surface area contributed by atoms with E-state index in [0.29, 0.717) is 38.7 Å². The van der Waals surface area contributed by atoms with Gasteiger partial charge in [-0.2, -0.15) is 0 Å². The highest BCUT2D eigenvalue weighted by Gasteiger charge is 2.22. The van der Waals surface area contributed by atoms with Gasteiger partial charge in [0.25, 0.3) is 5.91 Å². The molecule has 0 saturated carbocycles. The summed E-state index contributed by atoms with van der Waals surface area (Å²) >= 11 is 0. The van der Waals surface area contributed by atoms with Crippen LogP contribution in [0, 0.1) is 17.5 Å². The van der Waals surface area contributed by atoms with E-state index < -0.39 is 41.4 Å². The fraction of sp³-hybridized carbons (Fsp3) is 0.357. The molecule has 1 aliphatic heterocycles. The number of halogens is 3. The van der Waals surface area contributed by atoms with Gasteiger partial charge in [0.1, 0.15) is 0 Å². The molecule has 124 valence electrons. The Bertz CT molecular complexity index is 631. The Morgan fingerprint density at radius 1 is 1.09 bits per heavy atom. The minimum absolute atomic E-state index is 0.326. The molecule has 1 fully saturated rings. The van der Waals surface area contributed by atoms with Crippen LogP contribution in [0.4, 0.5) is 13.2 Å². The first kappa shape index (κ1) is 16.8. The van der Waals surface area contributed by atoms with E-state index in [-0.39, 0.29) is 0 Å². The molecule has 1 saturated heterocycles. The van der Waals surface area contributed by atoms with Crippen LogP contribution in [0.15, 0.2) is 12.1 Å². The lowest BCUT2D eigenvalue weighted by Gasteiger charge is -2.32. The van der Waals surface area contributed by atoms with Gasteiger partial charge in [0.05, 0.1) is 12.1 Å². The van der Waals surface area contributed by atoms with Gasteiger partial charge in [-0.25, -0.2) is 13.2 Å². The fourth-order valence-corrected chi connectivity index (χ4v) is 2.14. The predicted octanol–water partition coefficient (Wildman–Crippen LogP) is 0.134. The Hall–Kier alpha value is -2.58. The van der Waals surface area contributed by atoms with Crippen LogP contribution in [0.5, 0.6) is 0 Å². The maximum atomic E-state index is 13.5. The zero-order valence-electron chi connectivity index (χ0n) is 12.0. The molecule has 3 amide bonds. The van der Waals surface area contributed by atoms with E-state index in [4.69, 9.17) is 0 Å². The molecular weight excluding hydrogens is 315 g/mol. The van der Waals surface area contributed by atoms with Crippen molar-refractivity contribution in [3.8, 4) is 0 Å². The van der Waals surface area contributed by atoms with Crippen molar-refractivity contribution in [2.24, 2.45) is 0 Å². The average Bonchev–Trinajstić information content (AvgIpc) is 2.57. The summed E-state index contributed by atoms with van der Waals surface area (Å²) in [7, 11) is 0. The Balaban J connectivity index is 1.91. The molecule has 1 aromatic rings. The molecule has 0 spiro atoms. The average molecular weight is 329 g/mol. The van der Waals surface area contributed by atoms with Gasteiger partial charge in [-0.15, -0.1) is 0 Å². The lowest BCUT2D eigenvalue weighted by molar-refractivity contribution is -0.134. The smallest absolute Gasteiger partial charge is 0.254 e. The molecule has 1 heterocycles. The zero-order valence-corrected chi connectivity index (χ0v) is 12.0. The van der Waals surface area contributed by atoms with Gasteiger partial charge in [-0.05, 0) is 12.1 Å². The van der Waals surface area contributed by atoms with Gasteiger partial charge in [0, 0.05) is 26.2 Å². The number of carbonyl (C=O) groups is 3. The summed E-state index contributed by atoms with van der Waals surface area (Å²) in [5, 5.41) is 2.17. The third-order valence-corrected chi connectivity index (χ3v) is 3.50. The normalized spacial score (nSPS) is 14.6. The number of carbonyl (C=O) groups excluding carboxylic acids is 3. The number of nitrogens with zero attached hydrogens (tertiary/aromatic N) is 2. The first-order chi connectivity index (χ1) is 10.9. The van der Waals surface area contributed by atoms with Crippen LogP contribution in [-0.4, -0.2) is 60.7 Å². The van der Waals surface area contributed by atoms with Gasteiger partial charge in [-0.1, -0.05) is 0 Å². The van der Waals surface area contributed by atoms with Gasteiger partial charge >= 0.3 is 0 Å². The van der Waals surface area contributed by atoms with Gasteiger partial charge in [-0.3, -0.25) is 14.4 Å². The monoisotopic (exact) mass is 329 g/mol. The number of hydrogen-bond donors (Lipinski definition) is 1. The molecule has 0 aromatic heterocycles. The minimum Gasteiger partial charge on any atom is -0.343 e. The fourth-order valence-electron chi connectivity index (χ4n) is 2.14. The van der Waals surface area contributed by atoms with Crippen molar-refractivity contribution in [2.75, 3.05) is 32.7 Å². The van der Waals surface area contributed by atoms with Crippen LogP contribution in [0.1, 0.15) is 10.4 Å². The minimum atomic E-state index is -1.74. The maximum Gasteiger partial charge on any atom is 0.254 e. The zero-order chi connectivity index (χ0) is 17.0. The molecular formula is C14H14F3N3O3. The second kappa shape index (κ2) is 7.12. The van der Waals surface area contributed by atoms with E-state index in [1.165, 1.54) is 9.80 Å². The molecule has 0 aliphatic carbocycles. The summed E-state index contributed by atoms with van der Waals surface area (Å²) in [5.74, 6) is -6.17. The van der Waals surface area contributed by atoms with Crippen LogP contribution >= 0.6 is 0 Å². The van der Waals surface area contributed by atoms with E-state index >= 15 is 0 Å². The van der Waals surface area contributed by atoms with E-state index in [2.05, 4.69) is 5.32 Å². The Morgan fingerprint density at radius 3 is 2.35 bits per heavy atom. The Kier molecular flexibility index (Phi) is 5.20. The molecule has 2 rings (SSSR count). The lowest BCUT2D eigenvalue weighted by Crippen LogP contribution is -2.50. The first-order valence-corrected chi connectivity index (χ1v) is 6.83. The molecule has 0 atom stereocenters. The molecule has 1 aliphatic rings. The number of piperazine rings is 1. The highest BCUT2D eigenvalue weighted by Crippen LogP contribution is 2.14. The Morgan fingerprint density at radius 2 is 1.74 bits per heavy atom. The van der Waals surface area contributed by atoms with Crippen molar-refractivity contribution >= 4 is 18.2 Å². The van der Waals surface area contributed by atoms with Crippen LogP contribution in [0.25, 0.3) is 0 Å². The number of nitrogens with one attached hydrogen (secondary N) is 1. The van der Waals surface area contributed by atoms with Crippen LogP contribution < -0.4 is 5.32 Å².